The predicted molar refractivity (Wildman–Crippen MR) is 101 cm³/mol. The second kappa shape index (κ2) is 13.3. The zero-order valence-corrected chi connectivity index (χ0v) is 16.3. The maximum absolute atomic E-state index is 12.6. The molecule has 0 bridgehead atoms. The number of nitrogens with zero attached hydrogens (tertiary/aromatic N) is 1. The summed E-state index contributed by atoms with van der Waals surface area (Å²) in [6.45, 7) is 0. The lowest BCUT2D eigenvalue weighted by atomic mass is 10.0. The first-order valence-corrected chi connectivity index (χ1v) is 10.0. The Balaban J connectivity index is 2.02. The van der Waals surface area contributed by atoms with E-state index in [-0.39, 0.29) is 18.6 Å². The van der Waals surface area contributed by atoms with Gasteiger partial charge in [0, 0.05) is 25.5 Å². The molecule has 0 aliphatic carbocycles. The fourth-order valence-electron chi connectivity index (χ4n) is 3.07. The SMILES string of the molecule is O=C(O)CCCCCCCCCCCCC(=O)Cc1ccnc(C(F)(F)F)c1. The van der Waals surface area contributed by atoms with Gasteiger partial charge in [-0.1, -0.05) is 51.4 Å². The van der Waals surface area contributed by atoms with Crippen LogP contribution in [-0.4, -0.2) is 21.8 Å². The van der Waals surface area contributed by atoms with Crippen LogP contribution >= 0.6 is 0 Å². The Morgan fingerprint density at radius 1 is 0.857 bits per heavy atom. The fraction of sp³-hybridized carbons (Fsp3) is 0.667. The summed E-state index contributed by atoms with van der Waals surface area (Å²) in [6.07, 6.45) is 7.38. The average Bonchev–Trinajstić information content (AvgIpc) is 2.62. The minimum absolute atomic E-state index is 0.0213. The molecule has 0 aliphatic rings. The van der Waals surface area contributed by atoms with E-state index in [1.165, 1.54) is 6.07 Å². The van der Waals surface area contributed by atoms with E-state index in [0.717, 1.165) is 76.5 Å². The van der Waals surface area contributed by atoms with E-state index < -0.39 is 17.8 Å². The molecule has 0 saturated carbocycles. The normalized spacial score (nSPS) is 11.5. The third-order valence-corrected chi connectivity index (χ3v) is 4.61. The second-order valence-electron chi connectivity index (χ2n) is 7.19. The molecule has 1 aromatic heterocycles. The predicted octanol–water partition coefficient (Wildman–Crippen LogP) is 5.98. The van der Waals surface area contributed by atoms with Crippen LogP contribution in [0, 0.1) is 0 Å². The van der Waals surface area contributed by atoms with Crippen molar-refractivity contribution in [2.75, 3.05) is 0 Å². The third kappa shape index (κ3) is 11.7. The lowest BCUT2D eigenvalue weighted by Gasteiger charge is -2.07. The number of aromatic nitrogens is 1. The number of Topliss-reactive ketones (excluding diaryl/α,β-unsaturated/α-hetero) is 1. The van der Waals surface area contributed by atoms with E-state index in [2.05, 4.69) is 4.98 Å². The average molecular weight is 401 g/mol. The monoisotopic (exact) mass is 401 g/mol. The van der Waals surface area contributed by atoms with Crippen molar-refractivity contribution in [1.29, 1.82) is 0 Å². The molecule has 0 radical (unpaired) electrons. The Morgan fingerprint density at radius 3 is 1.86 bits per heavy atom. The van der Waals surface area contributed by atoms with Crippen molar-refractivity contribution in [3.63, 3.8) is 0 Å². The maximum Gasteiger partial charge on any atom is 0.433 e. The number of hydrogen-bond acceptors (Lipinski definition) is 3. The topological polar surface area (TPSA) is 67.3 Å². The highest BCUT2D eigenvalue weighted by Gasteiger charge is 2.32. The summed E-state index contributed by atoms with van der Waals surface area (Å²) >= 11 is 0. The maximum atomic E-state index is 12.6. The molecule has 4 nitrogen and oxygen atoms in total. The largest absolute Gasteiger partial charge is 0.481 e. The molecule has 7 heteroatoms. The quantitative estimate of drug-likeness (QED) is 0.367. The molecule has 1 aromatic rings. The number of carboxylic acid groups (broad SMARTS) is 1. The summed E-state index contributed by atoms with van der Waals surface area (Å²) in [5.41, 5.74) is -0.602. The summed E-state index contributed by atoms with van der Waals surface area (Å²) in [7, 11) is 0. The number of hydrogen-bond donors (Lipinski definition) is 1. The van der Waals surface area contributed by atoms with E-state index in [1.807, 2.05) is 0 Å². The van der Waals surface area contributed by atoms with Gasteiger partial charge in [-0.2, -0.15) is 13.2 Å². The molecule has 158 valence electrons. The minimum Gasteiger partial charge on any atom is -0.481 e. The van der Waals surface area contributed by atoms with Gasteiger partial charge in [-0.15, -0.1) is 0 Å². The summed E-state index contributed by atoms with van der Waals surface area (Å²) in [4.78, 5) is 25.6. The van der Waals surface area contributed by atoms with E-state index in [0.29, 0.717) is 12.0 Å². The Labute approximate surface area is 164 Å². The zero-order chi connectivity index (χ0) is 20.8. The summed E-state index contributed by atoms with van der Waals surface area (Å²) < 4.78 is 37.9. The second-order valence-corrected chi connectivity index (χ2v) is 7.19. The number of carbonyl (C=O) groups excluding carboxylic acids is 1. The van der Waals surface area contributed by atoms with Crippen LogP contribution in [0.5, 0.6) is 0 Å². The summed E-state index contributed by atoms with van der Waals surface area (Å²) in [5, 5.41) is 8.54. The molecule has 0 aliphatic heterocycles. The van der Waals surface area contributed by atoms with Gasteiger partial charge in [0.05, 0.1) is 0 Å². The molecule has 0 atom stereocenters. The van der Waals surface area contributed by atoms with Gasteiger partial charge in [0.25, 0.3) is 0 Å². The van der Waals surface area contributed by atoms with E-state index >= 15 is 0 Å². The number of alkyl halides is 3. The van der Waals surface area contributed by atoms with Crippen molar-refractivity contribution in [3.8, 4) is 0 Å². The molecule has 1 heterocycles. The highest BCUT2D eigenvalue weighted by atomic mass is 19.4. The number of ketones is 1. The van der Waals surface area contributed by atoms with Crippen molar-refractivity contribution < 1.29 is 27.9 Å². The number of rotatable bonds is 15. The van der Waals surface area contributed by atoms with E-state index in [9.17, 15) is 22.8 Å². The van der Waals surface area contributed by atoms with Gasteiger partial charge in [0.15, 0.2) is 0 Å². The first-order valence-electron chi connectivity index (χ1n) is 10.0. The van der Waals surface area contributed by atoms with Gasteiger partial charge in [-0.05, 0) is 30.5 Å². The molecule has 0 unspecified atom stereocenters. The standard InChI is InChI=1S/C21H30F3NO3/c22-21(23,24)19-16-17(13-14-25-19)15-18(26)11-9-7-5-3-1-2-4-6-8-10-12-20(27)28/h13-14,16H,1-12,15H2,(H,27,28). The smallest absolute Gasteiger partial charge is 0.433 e. The molecular weight excluding hydrogens is 371 g/mol. The number of halogens is 3. The molecule has 1 rings (SSSR count). The van der Waals surface area contributed by atoms with E-state index in [1.54, 1.807) is 0 Å². The van der Waals surface area contributed by atoms with Crippen molar-refractivity contribution in [2.45, 2.75) is 89.6 Å². The third-order valence-electron chi connectivity index (χ3n) is 4.61. The van der Waals surface area contributed by atoms with Crippen LogP contribution < -0.4 is 0 Å². The zero-order valence-electron chi connectivity index (χ0n) is 16.3. The summed E-state index contributed by atoms with van der Waals surface area (Å²) in [5.74, 6) is -0.772. The van der Waals surface area contributed by atoms with Crippen LogP contribution in [0.25, 0.3) is 0 Å². The van der Waals surface area contributed by atoms with Gasteiger partial charge < -0.3 is 5.11 Å². The van der Waals surface area contributed by atoms with Crippen molar-refractivity contribution in [2.24, 2.45) is 0 Å². The minimum atomic E-state index is -4.49. The first-order chi connectivity index (χ1) is 13.3. The number of carboxylic acids is 1. The van der Waals surface area contributed by atoms with Crippen LogP contribution in [0.15, 0.2) is 18.3 Å². The summed E-state index contributed by atoms with van der Waals surface area (Å²) in [6, 6.07) is 2.40. The number of carbonyl (C=O) groups is 2. The number of unbranched alkanes of at least 4 members (excludes halogenated alkanes) is 9. The molecule has 0 spiro atoms. The van der Waals surface area contributed by atoms with Crippen LogP contribution in [0.1, 0.15) is 88.3 Å². The molecule has 28 heavy (non-hydrogen) atoms. The van der Waals surface area contributed by atoms with Gasteiger partial charge in [0.1, 0.15) is 11.5 Å². The van der Waals surface area contributed by atoms with Gasteiger partial charge in [-0.3, -0.25) is 14.6 Å². The molecular formula is C21H30F3NO3. The van der Waals surface area contributed by atoms with Crippen LogP contribution in [0.4, 0.5) is 13.2 Å². The van der Waals surface area contributed by atoms with Gasteiger partial charge in [-0.25, -0.2) is 0 Å². The Hall–Kier alpha value is -1.92. The fourth-order valence-corrected chi connectivity index (χ4v) is 3.07. The van der Waals surface area contributed by atoms with E-state index in [4.69, 9.17) is 5.11 Å². The molecule has 0 amide bonds. The molecule has 0 fully saturated rings. The number of pyridine rings is 1. The molecule has 0 aromatic carbocycles. The van der Waals surface area contributed by atoms with Gasteiger partial charge >= 0.3 is 12.1 Å². The lowest BCUT2D eigenvalue weighted by Crippen LogP contribution is -2.10. The van der Waals surface area contributed by atoms with Crippen LogP contribution in [-0.2, 0) is 22.2 Å². The Kier molecular flexibility index (Phi) is 11.4. The van der Waals surface area contributed by atoms with Crippen molar-refractivity contribution in [1.82, 2.24) is 4.98 Å². The Morgan fingerprint density at radius 2 is 1.36 bits per heavy atom. The number of aliphatic carboxylic acids is 1. The first kappa shape index (κ1) is 24.1. The van der Waals surface area contributed by atoms with Crippen molar-refractivity contribution >= 4 is 11.8 Å². The molecule has 1 N–H and O–H groups in total. The van der Waals surface area contributed by atoms with Crippen LogP contribution in [0.2, 0.25) is 0 Å². The van der Waals surface area contributed by atoms with Crippen molar-refractivity contribution in [3.05, 3.63) is 29.6 Å². The highest BCUT2D eigenvalue weighted by molar-refractivity contribution is 5.80. The Bertz CT molecular complexity index is 603. The molecule has 0 saturated heterocycles. The van der Waals surface area contributed by atoms with Gasteiger partial charge in [0.2, 0.25) is 0 Å². The highest BCUT2D eigenvalue weighted by Crippen LogP contribution is 2.27. The lowest BCUT2D eigenvalue weighted by molar-refractivity contribution is -0.141. The van der Waals surface area contributed by atoms with Crippen LogP contribution in [0.3, 0.4) is 0 Å².